The fraction of sp³-hybridized carbons (Fsp3) is 0.391. The van der Waals surface area contributed by atoms with Crippen molar-refractivity contribution < 1.29 is 9.59 Å². The molecule has 2 atom stereocenters. The number of nitrogens with one attached hydrogen (secondary N) is 1. The Hall–Kier alpha value is -1.69. The molecule has 0 spiro atoms. The summed E-state index contributed by atoms with van der Waals surface area (Å²) in [7, 11) is 0. The number of benzene rings is 2. The molecule has 0 radical (unpaired) electrons. The number of hydrogen-bond donors (Lipinski definition) is 1. The minimum Gasteiger partial charge on any atom is -0.352 e. The summed E-state index contributed by atoms with van der Waals surface area (Å²) in [5.41, 5.74) is 1.91. The summed E-state index contributed by atoms with van der Waals surface area (Å²) in [6, 6.07) is 14.4. The molecule has 0 aromatic heterocycles. The van der Waals surface area contributed by atoms with E-state index in [9.17, 15) is 9.59 Å². The first-order valence-corrected chi connectivity index (χ1v) is 11.9. The van der Waals surface area contributed by atoms with Crippen molar-refractivity contribution in [2.75, 3.05) is 5.75 Å². The Bertz CT molecular complexity index is 845. The van der Waals surface area contributed by atoms with Gasteiger partial charge >= 0.3 is 0 Å². The molecule has 0 bridgehead atoms. The maximum absolute atomic E-state index is 13.1. The average Bonchev–Trinajstić information content (AvgIpc) is 2.73. The molecule has 1 N–H and O–H groups in total. The van der Waals surface area contributed by atoms with Gasteiger partial charge in [0.05, 0.1) is 5.75 Å². The molecule has 0 fully saturated rings. The second kappa shape index (κ2) is 12.2. The summed E-state index contributed by atoms with van der Waals surface area (Å²) < 4.78 is 0. The third-order valence-electron chi connectivity index (χ3n) is 4.87. The van der Waals surface area contributed by atoms with E-state index >= 15 is 0 Å². The van der Waals surface area contributed by atoms with Gasteiger partial charge < -0.3 is 10.2 Å². The molecule has 2 aromatic carbocycles. The molecule has 7 heteroatoms. The van der Waals surface area contributed by atoms with Gasteiger partial charge in [0.25, 0.3) is 0 Å². The monoisotopic (exact) mass is 466 g/mol. The lowest BCUT2D eigenvalue weighted by Gasteiger charge is -2.30. The summed E-state index contributed by atoms with van der Waals surface area (Å²) in [4.78, 5) is 27.4. The SMILES string of the molecule is CC[C@H](C)NC(=O)[C@H](C)N(Cc1ccccc1Cl)C(=O)CSCc1ccc(Cl)cc1. The van der Waals surface area contributed by atoms with E-state index in [1.54, 1.807) is 17.9 Å². The van der Waals surface area contributed by atoms with Crippen molar-refractivity contribution in [2.24, 2.45) is 0 Å². The molecule has 2 amide bonds. The maximum Gasteiger partial charge on any atom is 0.242 e. The van der Waals surface area contributed by atoms with Crippen LogP contribution in [0.2, 0.25) is 10.0 Å². The first-order chi connectivity index (χ1) is 14.3. The van der Waals surface area contributed by atoms with Gasteiger partial charge in [0, 0.05) is 28.4 Å². The van der Waals surface area contributed by atoms with Crippen LogP contribution in [0.1, 0.15) is 38.3 Å². The van der Waals surface area contributed by atoms with Gasteiger partial charge in [-0.05, 0) is 49.6 Å². The van der Waals surface area contributed by atoms with Gasteiger partial charge in [0.1, 0.15) is 6.04 Å². The normalized spacial score (nSPS) is 12.8. The number of amides is 2. The third-order valence-corrected chi connectivity index (χ3v) is 6.48. The van der Waals surface area contributed by atoms with Crippen LogP contribution in [0, 0.1) is 0 Å². The zero-order valence-electron chi connectivity index (χ0n) is 17.5. The highest BCUT2D eigenvalue weighted by molar-refractivity contribution is 7.99. The Kier molecular flexibility index (Phi) is 10.0. The molecule has 0 saturated heterocycles. The number of rotatable bonds is 10. The van der Waals surface area contributed by atoms with Crippen LogP contribution in [0.5, 0.6) is 0 Å². The van der Waals surface area contributed by atoms with Gasteiger partial charge in [0.15, 0.2) is 0 Å². The Morgan fingerprint density at radius 2 is 1.73 bits per heavy atom. The highest BCUT2D eigenvalue weighted by Gasteiger charge is 2.27. The zero-order valence-corrected chi connectivity index (χ0v) is 19.9. The molecule has 30 heavy (non-hydrogen) atoms. The van der Waals surface area contributed by atoms with Crippen molar-refractivity contribution in [3.8, 4) is 0 Å². The Balaban J connectivity index is 2.08. The molecule has 0 aliphatic heterocycles. The number of carbonyl (C=O) groups excluding carboxylic acids is 2. The molecule has 4 nitrogen and oxygen atoms in total. The Morgan fingerprint density at radius 3 is 2.37 bits per heavy atom. The van der Waals surface area contributed by atoms with E-state index in [1.807, 2.05) is 56.3 Å². The van der Waals surface area contributed by atoms with Crippen LogP contribution in [0.25, 0.3) is 0 Å². The van der Waals surface area contributed by atoms with Crippen molar-refractivity contribution in [1.82, 2.24) is 10.2 Å². The Morgan fingerprint density at radius 1 is 1.07 bits per heavy atom. The lowest BCUT2D eigenvalue weighted by molar-refractivity contribution is -0.138. The van der Waals surface area contributed by atoms with E-state index in [0.29, 0.717) is 15.8 Å². The van der Waals surface area contributed by atoms with Crippen molar-refractivity contribution in [1.29, 1.82) is 0 Å². The minimum atomic E-state index is -0.598. The van der Waals surface area contributed by atoms with Crippen molar-refractivity contribution in [2.45, 2.75) is 51.6 Å². The molecule has 162 valence electrons. The molecular formula is C23H28Cl2N2O2S. The van der Waals surface area contributed by atoms with Crippen LogP contribution in [0.3, 0.4) is 0 Å². The smallest absolute Gasteiger partial charge is 0.242 e. The summed E-state index contributed by atoms with van der Waals surface area (Å²) in [5, 5.41) is 4.24. The average molecular weight is 467 g/mol. The fourth-order valence-electron chi connectivity index (χ4n) is 2.78. The summed E-state index contributed by atoms with van der Waals surface area (Å²) in [5.74, 6) is 0.706. The summed E-state index contributed by atoms with van der Waals surface area (Å²) >= 11 is 13.7. The van der Waals surface area contributed by atoms with Gasteiger partial charge in [-0.2, -0.15) is 0 Å². The second-order valence-electron chi connectivity index (χ2n) is 7.23. The topological polar surface area (TPSA) is 49.4 Å². The fourth-order valence-corrected chi connectivity index (χ4v) is 3.97. The van der Waals surface area contributed by atoms with Crippen LogP contribution in [0.15, 0.2) is 48.5 Å². The number of hydrogen-bond acceptors (Lipinski definition) is 3. The van der Waals surface area contributed by atoms with Gasteiger partial charge in [0.2, 0.25) is 11.8 Å². The lowest BCUT2D eigenvalue weighted by Crippen LogP contribution is -2.50. The highest BCUT2D eigenvalue weighted by Crippen LogP contribution is 2.21. The van der Waals surface area contributed by atoms with E-state index in [2.05, 4.69) is 5.32 Å². The van der Waals surface area contributed by atoms with Crippen LogP contribution in [0.4, 0.5) is 0 Å². The largest absolute Gasteiger partial charge is 0.352 e. The number of thioether (sulfide) groups is 1. The van der Waals surface area contributed by atoms with Crippen molar-refractivity contribution >= 4 is 46.8 Å². The molecule has 2 aromatic rings. The van der Waals surface area contributed by atoms with E-state index in [4.69, 9.17) is 23.2 Å². The van der Waals surface area contributed by atoms with Crippen LogP contribution in [-0.2, 0) is 21.9 Å². The van der Waals surface area contributed by atoms with Crippen LogP contribution >= 0.6 is 35.0 Å². The van der Waals surface area contributed by atoms with E-state index in [0.717, 1.165) is 17.5 Å². The second-order valence-corrected chi connectivity index (χ2v) is 9.06. The lowest BCUT2D eigenvalue weighted by atomic mass is 10.1. The maximum atomic E-state index is 13.1. The van der Waals surface area contributed by atoms with Gasteiger partial charge in [-0.15, -0.1) is 11.8 Å². The minimum absolute atomic E-state index is 0.0523. The van der Waals surface area contributed by atoms with E-state index in [1.165, 1.54) is 11.8 Å². The number of nitrogens with zero attached hydrogens (tertiary/aromatic N) is 1. The Labute approximate surface area is 193 Å². The van der Waals surface area contributed by atoms with E-state index in [-0.39, 0.29) is 30.2 Å². The predicted octanol–water partition coefficient (Wildman–Crippen LogP) is 5.56. The first-order valence-electron chi connectivity index (χ1n) is 9.97. The van der Waals surface area contributed by atoms with Gasteiger partial charge in [-0.3, -0.25) is 9.59 Å². The first kappa shape index (κ1) is 24.6. The number of carbonyl (C=O) groups is 2. The molecule has 0 heterocycles. The zero-order chi connectivity index (χ0) is 22.1. The third kappa shape index (κ3) is 7.53. The molecular weight excluding hydrogens is 439 g/mol. The van der Waals surface area contributed by atoms with Gasteiger partial charge in [-0.25, -0.2) is 0 Å². The molecule has 0 unspecified atom stereocenters. The highest BCUT2D eigenvalue weighted by atomic mass is 35.5. The summed E-state index contributed by atoms with van der Waals surface area (Å²) in [6.45, 7) is 6.01. The van der Waals surface area contributed by atoms with Crippen molar-refractivity contribution in [3.63, 3.8) is 0 Å². The van der Waals surface area contributed by atoms with Crippen molar-refractivity contribution in [3.05, 3.63) is 69.7 Å². The van der Waals surface area contributed by atoms with Crippen LogP contribution in [-0.4, -0.2) is 34.6 Å². The standard InChI is InChI=1S/C23H28Cl2N2O2S/c1-4-16(2)26-23(29)17(3)27(13-19-7-5-6-8-21(19)25)22(28)15-30-14-18-9-11-20(24)12-10-18/h5-12,16-17H,4,13-15H2,1-3H3,(H,26,29)/t16-,17-/m0/s1. The summed E-state index contributed by atoms with van der Waals surface area (Å²) in [6.07, 6.45) is 0.827. The number of halogens is 2. The van der Waals surface area contributed by atoms with Crippen LogP contribution < -0.4 is 5.32 Å². The predicted molar refractivity (Wildman–Crippen MR) is 127 cm³/mol. The van der Waals surface area contributed by atoms with E-state index < -0.39 is 6.04 Å². The molecule has 0 aliphatic carbocycles. The molecule has 0 aliphatic rings. The van der Waals surface area contributed by atoms with Gasteiger partial charge in [-0.1, -0.05) is 60.5 Å². The molecule has 2 rings (SSSR count). The quantitative estimate of drug-likeness (QED) is 0.498. The molecule has 0 saturated carbocycles.